The molecule has 0 aliphatic heterocycles. The van der Waals surface area contributed by atoms with Crippen LogP contribution in [0.2, 0.25) is 0 Å². The van der Waals surface area contributed by atoms with Crippen molar-refractivity contribution in [3.63, 3.8) is 0 Å². The van der Waals surface area contributed by atoms with Crippen molar-refractivity contribution in [1.29, 1.82) is 0 Å². The molecule has 1 radical (unpaired) electrons. The first-order valence-corrected chi connectivity index (χ1v) is 3.79. The Labute approximate surface area is 63.1 Å². The van der Waals surface area contributed by atoms with E-state index in [1.807, 2.05) is 6.08 Å². The van der Waals surface area contributed by atoms with Crippen LogP contribution in [-0.4, -0.2) is 6.61 Å². The standard InChI is InChI=1S/C9H15O/c1-3-6-9(4-2)7-5-8-10/h6,9H,1,4-5,7-8H2,2H3. The van der Waals surface area contributed by atoms with Crippen molar-refractivity contribution in [3.8, 4) is 0 Å². The smallest absolute Gasteiger partial charge is 0.0822 e. The van der Waals surface area contributed by atoms with E-state index in [1.165, 1.54) is 0 Å². The Morgan fingerprint density at radius 3 is 2.80 bits per heavy atom. The van der Waals surface area contributed by atoms with Gasteiger partial charge in [0.15, 0.2) is 0 Å². The van der Waals surface area contributed by atoms with Crippen LogP contribution in [0.1, 0.15) is 26.2 Å². The molecule has 0 amide bonds. The van der Waals surface area contributed by atoms with Gasteiger partial charge in [-0.05, 0) is 31.3 Å². The molecule has 0 aromatic rings. The molecule has 0 fully saturated rings. The lowest BCUT2D eigenvalue weighted by Crippen LogP contribution is -1.94. The molecule has 0 saturated heterocycles. The van der Waals surface area contributed by atoms with Crippen molar-refractivity contribution in [2.45, 2.75) is 26.2 Å². The molecule has 1 unspecified atom stereocenters. The van der Waals surface area contributed by atoms with E-state index in [4.69, 9.17) is 0 Å². The van der Waals surface area contributed by atoms with Gasteiger partial charge >= 0.3 is 0 Å². The van der Waals surface area contributed by atoms with Crippen molar-refractivity contribution in [2.24, 2.45) is 5.92 Å². The first-order chi connectivity index (χ1) is 4.85. The Bertz CT molecular complexity index is 112. The van der Waals surface area contributed by atoms with E-state index in [2.05, 4.69) is 19.2 Å². The molecule has 1 nitrogen and oxygen atoms in total. The number of rotatable bonds is 5. The zero-order valence-corrected chi connectivity index (χ0v) is 6.60. The Morgan fingerprint density at radius 1 is 1.70 bits per heavy atom. The summed E-state index contributed by atoms with van der Waals surface area (Å²) in [7, 11) is 0. The Balaban J connectivity index is 3.49. The predicted octanol–water partition coefficient (Wildman–Crippen LogP) is 2.56. The summed E-state index contributed by atoms with van der Waals surface area (Å²) in [5, 5.41) is 10.1. The molecule has 0 N–H and O–H groups in total. The van der Waals surface area contributed by atoms with Gasteiger partial charge in [0.1, 0.15) is 0 Å². The molecule has 0 saturated carbocycles. The summed E-state index contributed by atoms with van der Waals surface area (Å²) in [6, 6.07) is 0. The average molecular weight is 139 g/mol. The minimum absolute atomic E-state index is 0.0431. The fourth-order valence-electron chi connectivity index (χ4n) is 0.917. The first-order valence-electron chi connectivity index (χ1n) is 3.79. The van der Waals surface area contributed by atoms with Crippen LogP contribution in [0.5, 0.6) is 0 Å². The maximum atomic E-state index is 10.1. The summed E-state index contributed by atoms with van der Waals surface area (Å²) in [5.74, 6) is 0.520. The van der Waals surface area contributed by atoms with Gasteiger partial charge in [0, 0.05) is 0 Å². The molecule has 10 heavy (non-hydrogen) atoms. The topological polar surface area (TPSA) is 19.9 Å². The molecular formula is C9H15O. The molecule has 1 heteroatoms. The van der Waals surface area contributed by atoms with E-state index >= 15 is 0 Å². The molecule has 0 rings (SSSR count). The molecule has 0 aliphatic carbocycles. The maximum Gasteiger partial charge on any atom is 0.0822 e. The zero-order valence-electron chi connectivity index (χ0n) is 6.60. The first kappa shape index (κ1) is 9.48. The van der Waals surface area contributed by atoms with Crippen LogP contribution in [0.3, 0.4) is 0 Å². The fraction of sp³-hybridized carbons (Fsp3) is 0.667. The lowest BCUT2D eigenvalue weighted by molar-refractivity contribution is 0.182. The van der Waals surface area contributed by atoms with Gasteiger partial charge in [-0.3, -0.25) is 0 Å². The minimum Gasteiger partial charge on any atom is -0.237 e. The zero-order chi connectivity index (χ0) is 7.82. The quantitative estimate of drug-likeness (QED) is 0.522. The van der Waals surface area contributed by atoms with Crippen molar-refractivity contribution in [1.82, 2.24) is 0 Å². The van der Waals surface area contributed by atoms with Gasteiger partial charge in [0.25, 0.3) is 0 Å². The van der Waals surface area contributed by atoms with Crippen LogP contribution in [0.4, 0.5) is 0 Å². The van der Waals surface area contributed by atoms with Gasteiger partial charge in [-0.2, -0.15) is 0 Å². The Kier molecular flexibility index (Phi) is 6.25. The van der Waals surface area contributed by atoms with Crippen LogP contribution in [0.25, 0.3) is 0 Å². The van der Waals surface area contributed by atoms with Gasteiger partial charge in [0.2, 0.25) is 0 Å². The highest BCUT2D eigenvalue weighted by Gasteiger charge is 1.99. The second-order valence-electron chi connectivity index (χ2n) is 2.39. The highest BCUT2D eigenvalue weighted by molar-refractivity contribution is 4.83. The second kappa shape index (κ2) is 6.60. The molecule has 0 heterocycles. The van der Waals surface area contributed by atoms with Crippen molar-refractivity contribution < 1.29 is 5.11 Å². The van der Waals surface area contributed by atoms with Crippen LogP contribution in [0.15, 0.2) is 18.4 Å². The number of hydrogen-bond acceptors (Lipinski definition) is 0. The summed E-state index contributed by atoms with van der Waals surface area (Å²) >= 11 is 0. The largest absolute Gasteiger partial charge is 0.237 e. The molecule has 0 aliphatic rings. The Hall–Kier alpha value is -0.520. The molecular weight excluding hydrogens is 124 g/mol. The molecule has 0 aromatic carbocycles. The normalized spacial score (nSPS) is 12.2. The monoisotopic (exact) mass is 139 g/mol. The van der Waals surface area contributed by atoms with E-state index in [1.54, 1.807) is 0 Å². The molecule has 1 atom stereocenters. The fourth-order valence-corrected chi connectivity index (χ4v) is 0.917. The SMILES string of the molecule is C=C=CC(CC)CCC[O]. The lowest BCUT2D eigenvalue weighted by atomic mass is 10.0. The molecule has 0 bridgehead atoms. The van der Waals surface area contributed by atoms with Crippen LogP contribution in [-0.2, 0) is 5.11 Å². The van der Waals surface area contributed by atoms with Crippen LogP contribution >= 0.6 is 0 Å². The third kappa shape index (κ3) is 4.37. The maximum absolute atomic E-state index is 10.1. The number of allylic oxidation sites excluding steroid dienone is 1. The Morgan fingerprint density at radius 2 is 2.40 bits per heavy atom. The van der Waals surface area contributed by atoms with E-state index in [-0.39, 0.29) is 6.61 Å². The summed E-state index contributed by atoms with van der Waals surface area (Å²) < 4.78 is 0. The van der Waals surface area contributed by atoms with Crippen molar-refractivity contribution >= 4 is 0 Å². The van der Waals surface area contributed by atoms with E-state index in [0.717, 1.165) is 19.3 Å². The summed E-state index contributed by atoms with van der Waals surface area (Å²) in [6.45, 7) is 5.66. The van der Waals surface area contributed by atoms with Crippen molar-refractivity contribution in [2.75, 3.05) is 6.61 Å². The van der Waals surface area contributed by atoms with E-state index in [0.29, 0.717) is 5.92 Å². The predicted molar refractivity (Wildman–Crippen MR) is 42.3 cm³/mol. The van der Waals surface area contributed by atoms with Gasteiger partial charge < -0.3 is 0 Å². The van der Waals surface area contributed by atoms with Gasteiger partial charge in [-0.1, -0.05) is 13.5 Å². The molecule has 0 aromatic heterocycles. The third-order valence-corrected chi connectivity index (χ3v) is 1.60. The summed E-state index contributed by atoms with van der Waals surface area (Å²) in [5.41, 5.74) is 2.75. The summed E-state index contributed by atoms with van der Waals surface area (Å²) in [6.07, 6.45) is 4.80. The highest BCUT2D eigenvalue weighted by Crippen LogP contribution is 2.10. The van der Waals surface area contributed by atoms with Crippen LogP contribution in [0, 0.1) is 5.92 Å². The van der Waals surface area contributed by atoms with Gasteiger partial charge in [-0.15, -0.1) is 5.73 Å². The number of hydrogen-bond donors (Lipinski definition) is 0. The van der Waals surface area contributed by atoms with Gasteiger partial charge in [0.05, 0.1) is 6.61 Å². The third-order valence-electron chi connectivity index (χ3n) is 1.60. The molecule has 0 spiro atoms. The highest BCUT2D eigenvalue weighted by atomic mass is 16.2. The van der Waals surface area contributed by atoms with Crippen LogP contribution < -0.4 is 0 Å². The minimum atomic E-state index is 0.0431. The van der Waals surface area contributed by atoms with Crippen molar-refractivity contribution in [3.05, 3.63) is 18.4 Å². The second-order valence-corrected chi connectivity index (χ2v) is 2.39. The molecule has 57 valence electrons. The average Bonchev–Trinajstić information content (AvgIpc) is 1.98. The van der Waals surface area contributed by atoms with E-state index in [9.17, 15) is 5.11 Å². The van der Waals surface area contributed by atoms with Gasteiger partial charge in [-0.25, -0.2) is 5.11 Å². The summed E-state index contributed by atoms with van der Waals surface area (Å²) in [4.78, 5) is 0. The van der Waals surface area contributed by atoms with E-state index < -0.39 is 0 Å². The lowest BCUT2D eigenvalue weighted by Gasteiger charge is -2.05.